The van der Waals surface area contributed by atoms with Crippen LogP contribution in [-0.4, -0.2) is 19.5 Å². The molecule has 338 valence electrons. The maximum Gasteiger partial charge on any atom is 0.164 e. The Bertz CT molecular complexity index is 4220. The van der Waals surface area contributed by atoms with E-state index in [9.17, 15) is 0 Å². The Balaban J connectivity index is 0.00000243. The summed E-state index contributed by atoms with van der Waals surface area (Å²) in [7, 11) is 0. The van der Waals surface area contributed by atoms with Crippen molar-refractivity contribution in [3.63, 3.8) is 0 Å². The van der Waals surface area contributed by atoms with Crippen LogP contribution in [-0.2, 0) is 5.41 Å². The van der Waals surface area contributed by atoms with Gasteiger partial charge in [-0.15, -0.1) is 0 Å². The predicted octanol–water partition coefficient (Wildman–Crippen LogP) is 17.7. The van der Waals surface area contributed by atoms with Gasteiger partial charge in [-0.05, 0) is 110 Å². The second-order valence-electron chi connectivity index (χ2n) is 18.8. The molecule has 1 aliphatic carbocycles. The highest BCUT2D eigenvalue weighted by Gasteiger charge is 2.35. The van der Waals surface area contributed by atoms with Crippen molar-refractivity contribution in [3.05, 3.63) is 230 Å². The molecule has 10 aromatic carbocycles. The summed E-state index contributed by atoms with van der Waals surface area (Å²) >= 11 is 0. The highest BCUT2D eigenvalue weighted by Crippen LogP contribution is 2.50. The number of rotatable bonds is 6. The van der Waals surface area contributed by atoms with E-state index in [1.165, 1.54) is 60.5 Å². The van der Waals surface area contributed by atoms with Crippen LogP contribution in [0, 0.1) is 0 Å². The van der Waals surface area contributed by atoms with Gasteiger partial charge in [-0.2, -0.15) is 0 Å². The standard InChI is InChI=1S/C64H42N4O.C2H6/c1-64(2)54-24-10-8-20-49(54)53-37-43(29-34-55(53)64)42-17-12-18-44(36-42)48-22-13-23-52-59-47-19-7-6-14-39(47)30-35-56(59)68(60(48)52)46-31-26-41(27-32-46)62-65-61(40-15-4-3-5-16-40)66-63(67-62)45-28-33-51-50-21-9-11-25-57(50)69-58(51)38-45;1-2/h3-38H,1-2H3;1-2H3. The van der Waals surface area contributed by atoms with E-state index in [4.69, 9.17) is 19.4 Å². The fourth-order valence-electron chi connectivity index (χ4n) is 11.1. The Kier molecular flexibility index (Phi) is 9.89. The molecule has 0 amide bonds. The fraction of sp³-hybridized carbons (Fsp3) is 0.0758. The summed E-state index contributed by atoms with van der Waals surface area (Å²) in [6.45, 7) is 8.68. The molecule has 13 aromatic rings. The summed E-state index contributed by atoms with van der Waals surface area (Å²) in [5, 5.41) is 7.04. The van der Waals surface area contributed by atoms with Crippen LogP contribution in [0.25, 0.3) is 128 Å². The number of aromatic nitrogens is 4. The van der Waals surface area contributed by atoms with Gasteiger partial charge >= 0.3 is 0 Å². The normalized spacial score (nSPS) is 12.6. The first-order chi connectivity index (χ1) is 34.9. The molecule has 0 saturated carbocycles. The Labute approximate surface area is 412 Å². The van der Waals surface area contributed by atoms with E-state index in [1.54, 1.807) is 0 Å². The van der Waals surface area contributed by atoms with Gasteiger partial charge in [0.15, 0.2) is 17.5 Å². The minimum Gasteiger partial charge on any atom is -0.456 e. The van der Waals surface area contributed by atoms with Gasteiger partial charge in [0.2, 0.25) is 0 Å². The van der Waals surface area contributed by atoms with E-state index in [-0.39, 0.29) is 5.41 Å². The van der Waals surface area contributed by atoms with E-state index < -0.39 is 0 Å². The Morgan fingerprint density at radius 1 is 0.380 bits per heavy atom. The quantitative estimate of drug-likeness (QED) is 0.167. The molecule has 0 atom stereocenters. The van der Waals surface area contributed by atoms with Gasteiger partial charge < -0.3 is 8.98 Å². The van der Waals surface area contributed by atoms with Gasteiger partial charge in [0.1, 0.15) is 11.2 Å². The van der Waals surface area contributed by atoms with Crippen LogP contribution in [0.3, 0.4) is 0 Å². The molecular weight excluding hydrogens is 865 g/mol. The SMILES string of the molecule is CC.CC1(C)c2ccccc2-c2cc(-c3cccc(-c4cccc5c6c7ccccc7ccc6n(-c6ccc(-c7nc(-c8ccccc8)nc(-c8ccc9c(c8)oc8ccccc89)n7)cc6)c45)c3)ccc21. The van der Waals surface area contributed by atoms with Crippen molar-refractivity contribution in [2.24, 2.45) is 0 Å². The van der Waals surface area contributed by atoms with Gasteiger partial charge in [0, 0.05) is 54.9 Å². The van der Waals surface area contributed by atoms with Crippen molar-refractivity contribution in [2.75, 3.05) is 0 Å². The van der Waals surface area contributed by atoms with Gasteiger partial charge in [-0.25, -0.2) is 15.0 Å². The van der Waals surface area contributed by atoms with Crippen LogP contribution in [0.5, 0.6) is 0 Å². The summed E-state index contributed by atoms with van der Waals surface area (Å²) < 4.78 is 8.74. The molecule has 0 N–H and O–H groups in total. The molecule has 3 heterocycles. The maximum atomic E-state index is 6.30. The molecule has 0 aliphatic heterocycles. The molecule has 71 heavy (non-hydrogen) atoms. The molecule has 0 unspecified atom stereocenters. The first-order valence-electron chi connectivity index (χ1n) is 24.6. The summed E-state index contributed by atoms with van der Waals surface area (Å²) in [6, 6.07) is 78.1. The number of fused-ring (bicyclic) bond motifs is 11. The third-order valence-corrected chi connectivity index (χ3v) is 14.5. The smallest absolute Gasteiger partial charge is 0.164 e. The molecule has 14 rings (SSSR count). The lowest BCUT2D eigenvalue weighted by atomic mass is 9.82. The van der Waals surface area contributed by atoms with Crippen LogP contribution in [0.1, 0.15) is 38.8 Å². The first-order valence-corrected chi connectivity index (χ1v) is 24.6. The minimum atomic E-state index is -0.0383. The van der Waals surface area contributed by atoms with Crippen molar-refractivity contribution < 1.29 is 4.42 Å². The van der Waals surface area contributed by atoms with E-state index in [0.717, 1.165) is 60.9 Å². The molecule has 1 aliphatic rings. The Morgan fingerprint density at radius 2 is 0.958 bits per heavy atom. The fourth-order valence-corrected chi connectivity index (χ4v) is 11.1. The van der Waals surface area contributed by atoms with Crippen LogP contribution >= 0.6 is 0 Å². The van der Waals surface area contributed by atoms with E-state index >= 15 is 0 Å². The third-order valence-electron chi connectivity index (χ3n) is 14.5. The van der Waals surface area contributed by atoms with Gasteiger partial charge in [0.05, 0.1) is 11.0 Å². The van der Waals surface area contributed by atoms with Crippen molar-refractivity contribution >= 4 is 54.5 Å². The lowest BCUT2D eigenvalue weighted by Crippen LogP contribution is -2.14. The molecule has 0 bridgehead atoms. The highest BCUT2D eigenvalue weighted by atomic mass is 16.3. The lowest BCUT2D eigenvalue weighted by Gasteiger charge is -2.21. The summed E-state index contributed by atoms with van der Waals surface area (Å²) in [6.07, 6.45) is 0. The number of furan rings is 1. The molecule has 0 saturated heterocycles. The van der Waals surface area contributed by atoms with Crippen molar-refractivity contribution in [1.29, 1.82) is 0 Å². The number of nitrogens with zero attached hydrogens (tertiary/aromatic N) is 4. The van der Waals surface area contributed by atoms with E-state index in [0.29, 0.717) is 17.5 Å². The van der Waals surface area contributed by atoms with Gasteiger partial charge in [-0.1, -0.05) is 185 Å². The van der Waals surface area contributed by atoms with Crippen LogP contribution in [0.15, 0.2) is 223 Å². The molecule has 5 heteroatoms. The Morgan fingerprint density at radius 3 is 1.79 bits per heavy atom. The van der Waals surface area contributed by atoms with Crippen molar-refractivity contribution in [3.8, 4) is 73.2 Å². The molecule has 3 aromatic heterocycles. The third kappa shape index (κ3) is 6.80. The molecule has 5 nitrogen and oxygen atoms in total. The lowest BCUT2D eigenvalue weighted by molar-refractivity contribution is 0.660. The van der Waals surface area contributed by atoms with Gasteiger partial charge in [-0.3, -0.25) is 0 Å². The first kappa shape index (κ1) is 42.2. The monoisotopic (exact) mass is 912 g/mol. The van der Waals surface area contributed by atoms with Crippen molar-refractivity contribution in [1.82, 2.24) is 19.5 Å². The second kappa shape index (κ2) is 16.6. The van der Waals surface area contributed by atoms with E-state index in [2.05, 4.69) is 182 Å². The topological polar surface area (TPSA) is 56.7 Å². The van der Waals surface area contributed by atoms with Crippen LogP contribution in [0.2, 0.25) is 0 Å². The minimum absolute atomic E-state index is 0.0383. The number of benzene rings is 10. The Hall–Kier alpha value is -8.93. The summed E-state index contributed by atoms with van der Waals surface area (Å²) in [4.78, 5) is 15.3. The molecule has 0 radical (unpaired) electrons. The maximum absolute atomic E-state index is 6.30. The van der Waals surface area contributed by atoms with Crippen LogP contribution < -0.4 is 0 Å². The molecule has 0 spiro atoms. The number of para-hydroxylation sites is 2. The summed E-state index contributed by atoms with van der Waals surface area (Å²) in [5.74, 6) is 1.79. The number of hydrogen-bond donors (Lipinski definition) is 0. The largest absolute Gasteiger partial charge is 0.456 e. The zero-order valence-corrected chi connectivity index (χ0v) is 40.0. The zero-order valence-electron chi connectivity index (χ0n) is 40.0. The predicted molar refractivity (Wildman–Crippen MR) is 295 cm³/mol. The summed E-state index contributed by atoms with van der Waals surface area (Å²) in [5.41, 5.74) is 17.8. The molecule has 0 fully saturated rings. The molecular formula is C66H48N4O. The zero-order chi connectivity index (χ0) is 47.8. The van der Waals surface area contributed by atoms with E-state index in [1.807, 2.05) is 68.4 Å². The highest BCUT2D eigenvalue weighted by molar-refractivity contribution is 6.23. The average Bonchev–Trinajstić information content (AvgIpc) is 4.06. The number of hydrogen-bond acceptors (Lipinski definition) is 4. The van der Waals surface area contributed by atoms with Gasteiger partial charge in [0.25, 0.3) is 0 Å². The second-order valence-corrected chi connectivity index (χ2v) is 18.8. The van der Waals surface area contributed by atoms with Crippen molar-refractivity contribution in [2.45, 2.75) is 33.1 Å². The van der Waals surface area contributed by atoms with Crippen LogP contribution in [0.4, 0.5) is 0 Å². The average molecular weight is 913 g/mol.